The normalized spacial score (nSPS) is 10.2. The van der Waals surface area contributed by atoms with E-state index in [1.807, 2.05) is 19.3 Å². The van der Waals surface area contributed by atoms with E-state index in [4.69, 9.17) is 0 Å². The highest BCUT2D eigenvalue weighted by Gasteiger charge is 2.02. The highest BCUT2D eigenvalue weighted by molar-refractivity contribution is 7.09. The predicted molar refractivity (Wildman–Crippen MR) is 50.8 cm³/mol. The average Bonchev–Trinajstić information content (AvgIpc) is 2.76. The van der Waals surface area contributed by atoms with Crippen LogP contribution >= 0.6 is 11.5 Å². The summed E-state index contributed by atoms with van der Waals surface area (Å²) in [6, 6.07) is 1.88. The van der Waals surface area contributed by atoms with Gasteiger partial charge in [-0.1, -0.05) is 0 Å². The minimum atomic E-state index is 0.630. The van der Waals surface area contributed by atoms with Gasteiger partial charge in [0.05, 0.1) is 0 Å². The van der Waals surface area contributed by atoms with Gasteiger partial charge in [-0.25, -0.2) is 4.98 Å². The van der Waals surface area contributed by atoms with E-state index in [0.717, 1.165) is 11.0 Å². The lowest BCUT2D eigenvalue weighted by Gasteiger charge is -1.94. The topological polar surface area (TPSA) is 55.6 Å². The molecule has 0 spiro atoms. The molecule has 0 aliphatic carbocycles. The Bertz CT molecular complexity index is 366. The summed E-state index contributed by atoms with van der Waals surface area (Å²) in [6.07, 6.45) is 3.63. The molecule has 2 aromatic rings. The fourth-order valence-corrected chi connectivity index (χ4v) is 1.49. The maximum atomic E-state index is 4.24. The van der Waals surface area contributed by atoms with Crippen LogP contribution in [0.25, 0.3) is 0 Å². The first-order valence-electron chi connectivity index (χ1n) is 3.86. The summed E-state index contributed by atoms with van der Waals surface area (Å²) in [5.74, 6) is 0.790. The van der Waals surface area contributed by atoms with Crippen molar-refractivity contribution in [2.45, 2.75) is 6.54 Å². The number of aromatic nitrogens is 4. The molecule has 2 heterocycles. The molecule has 68 valence electrons. The molecule has 0 fully saturated rings. The van der Waals surface area contributed by atoms with Crippen LogP contribution in [-0.2, 0) is 6.54 Å². The first kappa shape index (κ1) is 8.18. The minimum Gasteiger partial charge on any atom is -0.363 e. The summed E-state index contributed by atoms with van der Waals surface area (Å²) in [7, 11) is 1.83. The van der Waals surface area contributed by atoms with Crippen LogP contribution in [0.2, 0.25) is 0 Å². The molecule has 1 N–H and O–H groups in total. The van der Waals surface area contributed by atoms with Gasteiger partial charge in [0.1, 0.15) is 6.54 Å². The number of anilines is 1. The second-order valence-electron chi connectivity index (χ2n) is 2.47. The third kappa shape index (κ3) is 1.83. The number of hydrogen-bond acceptors (Lipinski definition) is 5. The first-order chi connectivity index (χ1) is 6.38. The zero-order valence-corrected chi connectivity index (χ0v) is 7.95. The molecule has 0 atom stereocenters. The van der Waals surface area contributed by atoms with Crippen LogP contribution in [0.4, 0.5) is 5.13 Å². The van der Waals surface area contributed by atoms with Crippen molar-refractivity contribution in [2.24, 2.45) is 0 Å². The summed E-state index contributed by atoms with van der Waals surface area (Å²) in [5, 5.41) is 7.85. The summed E-state index contributed by atoms with van der Waals surface area (Å²) in [6.45, 7) is 0.630. The molecule has 0 bridgehead atoms. The van der Waals surface area contributed by atoms with Crippen molar-refractivity contribution >= 4 is 16.7 Å². The molecular formula is C7H9N5S. The summed E-state index contributed by atoms with van der Waals surface area (Å²) < 4.78 is 5.96. The summed E-state index contributed by atoms with van der Waals surface area (Å²) >= 11 is 1.36. The zero-order chi connectivity index (χ0) is 9.10. The van der Waals surface area contributed by atoms with Gasteiger partial charge in [0.2, 0.25) is 5.13 Å². The van der Waals surface area contributed by atoms with E-state index in [9.17, 15) is 0 Å². The molecule has 0 saturated carbocycles. The molecule has 0 aliphatic heterocycles. The predicted octanol–water partition coefficient (Wildman–Crippen LogP) is 0.825. The van der Waals surface area contributed by atoms with E-state index < -0.39 is 0 Å². The third-order valence-corrected chi connectivity index (χ3v) is 2.31. The summed E-state index contributed by atoms with van der Waals surface area (Å²) in [5.41, 5.74) is 0. The highest BCUT2D eigenvalue weighted by atomic mass is 32.1. The van der Waals surface area contributed by atoms with Crippen LogP contribution in [0.3, 0.4) is 0 Å². The Labute approximate surface area is 79.6 Å². The molecule has 6 heteroatoms. The quantitative estimate of drug-likeness (QED) is 0.788. The number of hydrogen-bond donors (Lipinski definition) is 1. The monoisotopic (exact) mass is 195 g/mol. The lowest BCUT2D eigenvalue weighted by molar-refractivity contribution is 0.663. The molecule has 2 rings (SSSR count). The second-order valence-corrected chi connectivity index (χ2v) is 3.22. The Morgan fingerprint density at radius 2 is 2.54 bits per heavy atom. The third-order valence-electron chi connectivity index (χ3n) is 1.54. The number of nitrogens with one attached hydrogen (secondary N) is 1. The van der Waals surface area contributed by atoms with Gasteiger partial charge in [-0.15, -0.1) is 0 Å². The molecule has 0 radical (unpaired) electrons. The number of rotatable bonds is 3. The molecule has 5 nitrogen and oxygen atoms in total. The largest absolute Gasteiger partial charge is 0.363 e. The maximum absolute atomic E-state index is 4.24. The molecule has 0 aliphatic rings. The van der Waals surface area contributed by atoms with Gasteiger partial charge in [0.15, 0.2) is 5.82 Å². The minimum absolute atomic E-state index is 0.630. The SMILES string of the molecule is CNc1nc(Cn2cccn2)ns1. The average molecular weight is 195 g/mol. The van der Waals surface area contributed by atoms with Crippen LogP contribution in [-0.4, -0.2) is 26.2 Å². The highest BCUT2D eigenvalue weighted by Crippen LogP contribution is 2.09. The van der Waals surface area contributed by atoms with E-state index in [0.29, 0.717) is 6.54 Å². The molecular weight excluding hydrogens is 186 g/mol. The fraction of sp³-hybridized carbons (Fsp3) is 0.286. The van der Waals surface area contributed by atoms with Gasteiger partial charge in [-0.2, -0.15) is 9.47 Å². The van der Waals surface area contributed by atoms with E-state index in [-0.39, 0.29) is 0 Å². The van der Waals surface area contributed by atoms with Gasteiger partial charge in [0, 0.05) is 31.0 Å². The van der Waals surface area contributed by atoms with Crippen LogP contribution in [0.1, 0.15) is 5.82 Å². The van der Waals surface area contributed by atoms with E-state index in [1.54, 1.807) is 10.9 Å². The smallest absolute Gasteiger partial charge is 0.202 e. The van der Waals surface area contributed by atoms with Gasteiger partial charge < -0.3 is 5.32 Å². The van der Waals surface area contributed by atoms with E-state index in [2.05, 4.69) is 19.8 Å². The zero-order valence-electron chi connectivity index (χ0n) is 7.14. The fourth-order valence-electron chi connectivity index (χ4n) is 0.959. The van der Waals surface area contributed by atoms with Crippen LogP contribution < -0.4 is 5.32 Å². The molecule has 0 aromatic carbocycles. The van der Waals surface area contributed by atoms with Crippen LogP contribution in [0, 0.1) is 0 Å². The van der Waals surface area contributed by atoms with E-state index >= 15 is 0 Å². The standard InChI is InChI=1S/C7H9N5S/c1-8-7-10-6(11-13-7)5-12-4-2-3-9-12/h2-4H,5H2,1H3,(H,8,10,11). The Morgan fingerprint density at radius 3 is 3.15 bits per heavy atom. The molecule has 2 aromatic heterocycles. The van der Waals surface area contributed by atoms with Crippen molar-refractivity contribution < 1.29 is 0 Å². The molecule has 13 heavy (non-hydrogen) atoms. The van der Waals surface area contributed by atoms with Crippen LogP contribution in [0.15, 0.2) is 18.5 Å². The van der Waals surface area contributed by atoms with Crippen molar-refractivity contribution in [1.82, 2.24) is 19.1 Å². The Balaban J connectivity index is 2.10. The van der Waals surface area contributed by atoms with Crippen molar-refractivity contribution in [3.8, 4) is 0 Å². The van der Waals surface area contributed by atoms with Crippen molar-refractivity contribution in [2.75, 3.05) is 12.4 Å². The molecule has 0 amide bonds. The van der Waals surface area contributed by atoms with Gasteiger partial charge >= 0.3 is 0 Å². The lowest BCUT2D eigenvalue weighted by Crippen LogP contribution is -2.01. The van der Waals surface area contributed by atoms with Gasteiger partial charge in [0.25, 0.3) is 0 Å². The second kappa shape index (κ2) is 3.53. The lowest BCUT2D eigenvalue weighted by atomic mass is 10.6. The molecule has 0 saturated heterocycles. The van der Waals surface area contributed by atoms with Crippen molar-refractivity contribution in [1.29, 1.82) is 0 Å². The Kier molecular flexibility index (Phi) is 2.22. The Morgan fingerprint density at radius 1 is 1.62 bits per heavy atom. The van der Waals surface area contributed by atoms with Gasteiger partial charge in [-0.3, -0.25) is 4.68 Å². The van der Waals surface area contributed by atoms with Crippen LogP contribution in [0.5, 0.6) is 0 Å². The maximum Gasteiger partial charge on any atom is 0.202 e. The van der Waals surface area contributed by atoms with Crippen molar-refractivity contribution in [3.05, 3.63) is 24.3 Å². The van der Waals surface area contributed by atoms with E-state index in [1.165, 1.54) is 11.5 Å². The summed E-state index contributed by atoms with van der Waals surface area (Å²) in [4.78, 5) is 4.24. The number of nitrogens with zero attached hydrogens (tertiary/aromatic N) is 4. The van der Waals surface area contributed by atoms with Gasteiger partial charge in [-0.05, 0) is 6.07 Å². The first-order valence-corrected chi connectivity index (χ1v) is 4.63. The van der Waals surface area contributed by atoms with Crippen molar-refractivity contribution in [3.63, 3.8) is 0 Å². The molecule has 0 unspecified atom stereocenters. The Hall–Kier alpha value is -1.43.